The molecule has 0 unspecified atom stereocenters. The first-order valence-electron chi connectivity index (χ1n) is 8.14. The van der Waals surface area contributed by atoms with E-state index in [0.717, 1.165) is 28.1 Å². The van der Waals surface area contributed by atoms with E-state index >= 15 is 0 Å². The average molecular weight is 346 g/mol. The fourth-order valence-electron chi connectivity index (χ4n) is 3.09. The third-order valence-corrected chi connectivity index (χ3v) is 5.89. The summed E-state index contributed by atoms with van der Waals surface area (Å²) in [6, 6.07) is 7.43. The summed E-state index contributed by atoms with van der Waals surface area (Å²) in [7, 11) is 1.81. The van der Waals surface area contributed by atoms with E-state index in [4.69, 9.17) is 5.73 Å². The molecule has 0 spiro atoms. The van der Waals surface area contributed by atoms with E-state index in [-0.39, 0.29) is 17.9 Å². The van der Waals surface area contributed by atoms with Crippen LogP contribution in [0.1, 0.15) is 30.8 Å². The monoisotopic (exact) mass is 346 g/mol. The molecule has 1 aliphatic heterocycles. The summed E-state index contributed by atoms with van der Waals surface area (Å²) in [6.45, 7) is 3.03. The highest BCUT2D eigenvalue weighted by Crippen LogP contribution is 2.30. The van der Waals surface area contributed by atoms with Gasteiger partial charge in [-0.05, 0) is 31.9 Å². The molecule has 1 fully saturated rings. The Bertz CT molecular complexity index is 727. The minimum absolute atomic E-state index is 0.0488. The van der Waals surface area contributed by atoms with Crippen molar-refractivity contribution in [1.29, 1.82) is 0 Å². The highest BCUT2D eigenvalue weighted by molar-refractivity contribution is 7.18. The van der Waals surface area contributed by atoms with E-state index in [0.29, 0.717) is 13.1 Å². The molecule has 1 aromatic carbocycles. The van der Waals surface area contributed by atoms with Crippen LogP contribution in [-0.2, 0) is 4.79 Å². The zero-order valence-corrected chi connectivity index (χ0v) is 14.8. The van der Waals surface area contributed by atoms with Crippen LogP contribution in [0.15, 0.2) is 24.3 Å². The second-order valence-electron chi connectivity index (χ2n) is 6.27. The van der Waals surface area contributed by atoms with Crippen LogP contribution in [0.3, 0.4) is 0 Å². The molecule has 6 nitrogen and oxygen atoms in total. The molecule has 0 radical (unpaired) electrons. The highest BCUT2D eigenvalue weighted by Gasteiger charge is 2.31. The summed E-state index contributed by atoms with van der Waals surface area (Å²) in [5, 5.41) is 0.926. The lowest BCUT2D eigenvalue weighted by atomic mass is 9.96. The highest BCUT2D eigenvalue weighted by atomic mass is 32.1. The number of benzene rings is 1. The van der Waals surface area contributed by atoms with Gasteiger partial charge in [-0.2, -0.15) is 0 Å². The molecule has 0 aliphatic carbocycles. The number of carbonyl (C=O) groups is 2. The van der Waals surface area contributed by atoms with E-state index in [1.165, 1.54) is 0 Å². The van der Waals surface area contributed by atoms with Crippen molar-refractivity contribution in [2.24, 2.45) is 11.7 Å². The Balaban J connectivity index is 1.73. The van der Waals surface area contributed by atoms with Crippen molar-refractivity contribution in [2.45, 2.75) is 25.8 Å². The van der Waals surface area contributed by atoms with E-state index in [1.54, 1.807) is 21.1 Å². The molecule has 3 amide bonds. The quantitative estimate of drug-likeness (QED) is 0.928. The number of nitrogens with zero attached hydrogens (tertiary/aromatic N) is 3. The minimum Gasteiger partial charge on any atom is -0.351 e. The van der Waals surface area contributed by atoms with Crippen LogP contribution >= 0.6 is 11.3 Å². The zero-order chi connectivity index (χ0) is 17.3. The molecule has 24 heavy (non-hydrogen) atoms. The normalized spacial score (nSPS) is 19.2. The Hall–Kier alpha value is -2.15. The summed E-state index contributed by atoms with van der Waals surface area (Å²) in [4.78, 5) is 32.1. The number of hydrogen-bond donors (Lipinski definition) is 1. The number of aromatic nitrogens is 1. The van der Waals surface area contributed by atoms with Gasteiger partial charge in [0, 0.05) is 20.1 Å². The second kappa shape index (κ2) is 6.76. The van der Waals surface area contributed by atoms with Crippen LogP contribution in [0, 0.1) is 5.92 Å². The van der Waals surface area contributed by atoms with Crippen LogP contribution in [-0.4, -0.2) is 46.9 Å². The minimum atomic E-state index is -0.450. The van der Waals surface area contributed by atoms with Gasteiger partial charge in [-0.1, -0.05) is 12.1 Å². The van der Waals surface area contributed by atoms with E-state index in [1.807, 2.05) is 38.2 Å². The maximum Gasteiger partial charge on any atom is 0.314 e. The Morgan fingerprint density at radius 2 is 2.17 bits per heavy atom. The van der Waals surface area contributed by atoms with Crippen molar-refractivity contribution in [3.63, 3.8) is 0 Å². The molecule has 2 N–H and O–H groups in total. The molecule has 2 aromatic rings. The molecule has 3 rings (SSSR count). The van der Waals surface area contributed by atoms with E-state index < -0.39 is 6.03 Å². The number of urea groups is 1. The van der Waals surface area contributed by atoms with Crippen molar-refractivity contribution >= 4 is 33.5 Å². The molecular formula is C17H22N4O2S. The van der Waals surface area contributed by atoms with E-state index in [2.05, 4.69) is 4.98 Å². The topological polar surface area (TPSA) is 79.5 Å². The molecule has 1 aromatic heterocycles. The third-order valence-electron chi connectivity index (χ3n) is 4.68. The number of amides is 3. The van der Waals surface area contributed by atoms with Gasteiger partial charge >= 0.3 is 6.03 Å². The molecule has 1 aliphatic rings. The number of carbonyl (C=O) groups excluding carboxylic acids is 2. The van der Waals surface area contributed by atoms with Gasteiger partial charge in [0.15, 0.2) is 0 Å². The number of rotatable bonds is 3. The summed E-state index contributed by atoms with van der Waals surface area (Å²) in [5.41, 5.74) is 6.31. The largest absolute Gasteiger partial charge is 0.351 e. The lowest BCUT2D eigenvalue weighted by molar-refractivity contribution is -0.137. The van der Waals surface area contributed by atoms with Crippen molar-refractivity contribution in [2.75, 3.05) is 20.1 Å². The summed E-state index contributed by atoms with van der Waals surface area (Å²) in [6.07, 6.45) is 1.60. The van der Waals surface area contributed by atoms with Gasteiger partial charge in [-0.3, -0.25) is 4.79 Å². The van der Waals surface area contributed by atoms with Gasteiger partial charge in [0.1, 0.15) is 5.01 Å². The Kier molecular flexibility index (Phi) is 4.71. The number of fused-ring (bicyclic) bond motifs is 1. The van der Waals surface area contributed by atoms with Crippen LogP contribution in [0.25, 0.3) is 10.2 Å². The predicted octanol–water partition coefficient (Wildman–Crippen LogP) is 2.61. The van der Waals surface area contributed by atoms with Crippen LogP contribution in [0.2, 0.25) is 0 Å². The lowest BCUT2D eigenvalue weighted by Crippen LogP contribution is -2.48. The first kappa shape index (κ1) is 16.7. The lowest BCUT2D eigenvalue weighted by Gasteiger charge is -2.34. The standard InChI is InChI=1S/C17H22N4O2S/c1-11(15-19-13-7-3-4-8-14(13)24-15)20(2)16(22)12-6-5-9-21(10-12)17(18)23/h3-4,7-8,11-12H,5-6,9-10H2,1-2H3,(H2,18,23)/t11-,12-/m0/s1. The Morgan fingerprint density at radius 1 is 1.42 bits per heavy atom. The van der Waals surface area contributed by atoms with E-state index in [9.17, 15) is 9.59 Å². The summed E-state index contributed by atoms with van der Waals surface area (Å²) >= 11 is 1.61. The Morgan fingerprint density at radius 3 is 2.88 bits per heavy atom. The zero-order valence-electron chi connectivity index (χ0n) is 13.9. The van der Waals surface area contributed by atoms with Gasteiger partial charge < -0.3 is 15.5 Å². The number of primary amides is 1. The summed E-state index contributed by atoms with van der Waals surface area (Å²) in [5.74, 6) is -0.138. The molecule has 1 saturated heterocycles. The first-order chi connectivity index (χ1) is 11.5. The molecular weight excluding hydrogens is 324 g/mol. The average Bonchev–Trinajstić information content (AvgIpc) is 3.04. The Labute approximate surface area is 145 Å². The molecule has 128 valence electrons. The number of nitrogens with two attached hydrogens (primary N) is 1. The van der Waals surface area contributed by atoms with Crippen molar-refractivity contribution in [3.05, 3.63) is 29.3 Å². The maximum absolute atomic E-state index is 12.8. The van der Waals surface area contributed by atoms with Gasteiger partial charge in [0.25, 0.3) is 0 Å². The van der Waals surface area contributed by atoms with Crippen LogP contribution in [0.4, 0.5) is 4.79 Å². The van der Waals surface area contributed by atoms with Crippen molar-refractivity contribution < 1.29 is 9.59 Å². The fourth-order valence-corrected chi connectivity index (χ4v) is 4.15. The van der Waals surface area contributed by atoms with Gasteiger partial charge in [-0.25, -0.2) is 9.78 Å². The van der Waals surface area contributed by atoms with Crippen molar-refractivity contribution in [1.82, 2.24) is 14.8 Å². The molecule has 2 heterocycles. The number of para-hydroxylation sites is 1. The third kappa shape index (κ3) is 3.21. The first-order valence-corrected chi connectivity index (χ1v) is 8.95. The number of piperidine rings is 1. The molecule has 0 bridgehead atoms. The molecule has 0 saturated carbocycles. The SMILES string of the molecule is C[C@@H](c1nc2ccccc2s1)N(C)C(=O)[C@H]1CCCN(C(N)=O)C1. The van der Waals surface area contributed by atoms with Crippen LogP contribution < -0.4 is 5.73 Å². The fraction of sp³-hybridized carbons (Fsp3) is 0.471. The number of thiazole rings is 1. The molecule has 2 atom stereocenters. The van der Waals surface area contributed by atoms with Crippen LogP contribution in [0.5, 0.6) is 0 Å². The van der Waals surface area contributed by atoms with Gasteiger partial charge in [0.2, 0.25) is 5.91 Å². The maximum atomic E-state index is 12.8. The second-order valence-corrected chi connectivity index (χ2v) is 7.33. The predicted molar refractivity (Wildman–Crippen MR) is 94.7 cm³/mol. The van der Waals surface area contributed by atoms with Gasteiger partial charge in [-0.15, -0.1) is 11.3 Å². The number of likely N-dealkylation sites (tertiary alicyclic amines) is 1. The smallest absolute Gasteiger partial charge is 0.314 e. The molecule has 7 heteroatoms. The summed E-state index contributed by atoms with van der Waals surface area (Å²) < 4.78 is 1.12. The van der Waals surface area contributed by atoms with Gasteiger partial charge in [0.05, 0.1) is 22.2 Å². The number of hydrogen-bond acceptors (Lipinski definition) is 4. The van der Waals surface area contributed by atoms with Crippen molar-refractivity contribution in [3.8, 4) is 0 Å².